The lowest BCUT2D eigenvalue weighted by molar-refractivity contribution is -0.121. The molecule has 112 valence electrons. The van der Waals surface area contributed by atoms with Crippen molar-refractivity contribution in [2.75, 3.05) is 12.3 Å². The number of rotatable bonds is 8. The van der Waals surface area contributed by atoms with Crippen molar-refractivity contribution in [3.05, 3.63) is 52.5 Å². The van der Waals surface area contributed by atoms with Gasteiger partial charge >= 0.3 is 0 Å². The van der Waals surface area contributed by atoms with E-state index in [-0.39, 0.29) is 11.7 Å². The molecule has 2 rings (SSSR count). The molecule has 1 N–H and O–H groups in total. The fourth-order valence-electron chi connectivity index (χ4n) is 1.80. The Morgan fingerprint density at radius 2 is 2.05 bits per heavy atom. The van der Waals surface area contributed by atoms with E-state index in [4.69, 9.17) is 0 Å². The molecule has 21 heavy (non-hydrogen) atoms. The first kappa shape index (κ1) is 16.0. The van der Waals surface area contributed by atoms with Gasteiger partial charge in [-0.05, 0) is 54.3 Å². The molecule has 1 amide bonds. The highest BCUT2D eigenvalue weighted by Gasteiger charge is 2.02. The van der Waals surface area contributed by atoms with Crippen molar-refractivity contribution < 1.29 is 9.18 Å². The second-order valence-corrected chi connectivity index (χ2v) is 6.79. The van der Waals surface area contributed by atoms with Crippen LogP contribution in [-0.4, -0.2) is 18.2 Å². The Balaban J connectivity index is 1.53. The summed E-state index contributed by atoms with van der Waals surface area (Å²) in [7, 11) is 0. The normalized spacial score (nSPS) is 10.5. The third-order valence-corrected chi connectivity index (χ3v) is 4.94. The molecule has 0 saturated carbocycles. The summed E-state index contributed by atoms with van der Waals surface area (Å²) in [6, 6.07) is 10.5. The minimum absolute atomic E-state index is 0.107. The SMILES string of the molecule is O=C(CCc1cccs1)NCCCSc1ccc(F)cc1. The number of hydrogen-bond donors (Lipinski definition) is 1. The van der Waals surface area contributed by atoms with Gasteiger partial charge in [-0.15, -0.1) is 23.1 Å². The van der Waals surface area contributed by atoms with Crippen molar-refractivity contribution >= 4 is 29.0 Å². The number of carbonyl (C=O) groups excluding carboxylic acids is 1. The summed E-state index contributed by atoms with van der Waals surface area (Å²) < 4.78 is 12.7. The number of hydrogen-bond acceptors (Lipinski definition) is 3. The van der Waals surface area contributed by atoms with Crippen molar-refractivity contribution in [3.63, 3.8) is 0 Å². The van der Waals surface area contributed by atoms with E-state index < -0.39 is 0 Å². The average molecular weight is 323 g/mol. The number of nitrogens with one attached hydrogen (secondary N) is 1. The van der Waals surface area contributed by atoms with Crippen molar-refractivity contribution in [3.8, 4) is 0 Å². The predicted molar refractivity (Wildman–Crippen MR) is 87.4 cm³/mol. The minimum Gasteiger partial charge on any atom is -0.356 e. The van der Waals surface area contributed by atoms with Gasteiger partial charge < -0.3 is 5.32 Å². The Morgan fingerprint density at radius 1 is 1.24 bits per heavy atom. The molecule has 2 aromatic rings. The zero-order chi connectivity index (χ0) is 14.9. The second-order valence-electron chi connectivity index (χ2n) is 4.59. The highest BCUT2D eigenvalue weighted by atomic mass is 32.2. The van der Waals surface area contributed by atoms with Crippen LogP contribution in [0.5, 0.6) is 0 Å². The van der Waals surface area contributed by atoms with Crippen LogP contribution in [0.25, 0.3) is 0 Å². The fraction of sp³-hybridized carbons (Fsp3) is 0.312. The summed E-state index contributed by atoms with van der Waals surface area (Å²) in [5.74, 6) is 0.809. The highest BCUT2D eigenvalue weighted by Crippen LogP contribution is 2.18. The van der Waals surface area contributed by atoms with Crippen LogP contribution in [0.1, 0.15) is 17.7 Å². The van der Waals surface area contributed by atoms with Gasteiger partial charge in [0.05, 0.1) is 0 Å². The van der Waals surface area contributed by atoms with Gasteiger partial charge in [0.15, 0.2) is 0 Å². The molecule has 2 nitrogen and oxygen atoms in total. The maximum Gasteiger partial charge on any atom is 0.220 e. The van der Waals surface area contributed by atoms with Crippen LogP contribution < -0.4 is 5.32 Å². The molecule has 0 aliphatic rings. The zero-order valence-corrected chi connectivity index (χ0v) is 13.3. The van der Waals surface area contributed by atoms with E-state index in [1.54, 1.807) is 35.2 Å². The number of thiophene rings is 1. The van der Waals surface area contributed by atoms with E-state index in [2.05, 4.69) is 11.4 Å². The lowest BCUT2D eigenvalue weighted by atomic mass is 10.2. The van der Waals surface area contributed by atoms with E-state index in [0.717, 1.165) is 23.5 Å². The topological polar surface area (TPSA) is 29.1 Å². The summed E-state index contributed by atoms with van der Waals surface area (Å²) in [4.78, 5) is 14.0. The minimum atomic E-state index is -0.211. The molecule has 5 heteroatoms. The molecular weight excluding hydrogens is 305 g/mol. The van der Waals surface area contributed by atoms with Gasteiger partial charge in [-0.25, -0.2) is 4.39 Å². The molecule has 0 spiro atoms. The van der Waals surface area contributed by atoms with Gasteiger partial charge in [0, 0.05) is 22.7 Å². The van der Waals surface area contributed by atoms with Crippen LogP contribution in [0.2, 0.25) is 0 Å². The van der Waals surface area contributed by atoms with Crippen LogP contribution >= 0.6 is 23.1 Å². The first-order valence-electron chi connectivity index (χ1n) is 6.91. The molecule has 1 aromatic heterocycles. The second kappa shape index (κ2) is 8.85. The van der Waals surface area contributed by atoms with Gasteiger partial charge in [0.1, 0.15) is 5.82 Å². The molecule has 0 aliphatic heterocycles. The molecule has 0 aliphatic carbocycles. The molecule has 1 aromatic carbocycles. The molecule has 0 atom stereocenters. The average Bonchev–Trinajstić information content (AvgIpc) is 3.00. The Morgan fingerprint density at radius 3 is 2.76 bits per heavy atom. The van der Waals surface area contributed by atoms with Gasteiger partial charge in [-0.2, -0.15) is 0 Å². The number of halogens is 1. The van der Waals surface area contributed by atoms with Crippen LogP contribution in [0, 0.1) is 5.82 Å². The summed E-state index contributed by atoms with van der Waals surface area (Å²) in [6.07, 6.45) is 2.27. The molecule has 0 saturated heterocycles. The Hall–Kier alpha value is -1.33. The van der Waals surface area contributed by atoms with Crippen LogP contribution in [0.15, 0.2) is 46.7 Å². The Kier molecular flexibility index (Phi) is 6.76. The molecule has 0 unspecified atom stereocenters. The largest absolute Gasteiger partial charge is 0.356 e. The van der Waals surface area contributed by atoms with Crippen LogP contribution in [0.3, 0.4) is 0 Å². The number of thioether (sulfide) groups is 1. The first-order valence-corrected chi connectivity index (χ1v) is 8.78. The third-order valence-electron chi connectivity index (χ3n) is 2.90. The third kappa shape index (κ3) is 6.31. The van der Waals surface area contributed by atoms with Crippen molar-refractivity contribution in [1.82, 2.24) is 5.32 Å². The van der Waals surface area contributed by atoms with Gasteiger partial charge in [-0.3, -0.25) is 4.79 Å². The van der Waals surface area contributed by atoms with Crippen LogP contribution in [0.4, 0.5) is 4.39 Å². The maximum absolute atomic E-state index is 12.7. The monoisotopic (exact) mass is 323 g/mol. The maximum atomic E-state index is 12.7. The summed E-state index contributed by atoms with van der Waals surface area (Å²) >= 11 is 3.36. The van der Waals surface area contributed by atoms with E-state index in [1.807, 2.05) is 11.4 Å². The molecule has 0 fully saturated rings. The van der Waals surface area contributed by atoms with Crippen molar-refractivity contribution in [1.29, 1.82) is 0 Å². The van der Waals surface area contributed by atoms with E-state index >= 15 is 0 Å². The van der Waals surface area contributed by atoms with Crippen molar-refractivity contribution in [2.45, 2.75) is 24.2 Å². The number of benzene rings is 1. The summed E-state index contributed by atoms with van der Waals surface area (Å²) in [5.41, 5.74) is 0. The first-order chi connectivity index (χ1) is 10.2. The molecular formula is C16H18FNOS2. The number of carbonyl (C=O) groups is 1. The van der Waals surface area contributed by atoms with Crippen LogP contribution in [-0.2, 0) is 11.2 Å². The van der Waals surface area contributed by atoms with E-state index in [1.165, 1.54) is 17.0 Å². The van der Waals surface area contributed by atoms with Crippen molar-refractivity contribution in [2.24, 2.45) is 0 Å². The quantitative estimate of drug-likeness (QED) is 0.585. The predicted octanol–water partition coefficient (Wildman–Crippen LogP) is 4.12. The molecule has 0 bridgehead atoms. The van der Waals surface area contributed by atoms with E-state index in [9.17, 15) is 9.18 Å². The molecule has 1 heterocycles. The highest BCUT2D eigenvalue weighted by molar-refractivity contribution is 7.99. The molecule has 0 radical (unpaired) electrons. The van der Waals surface area contributed by atoms with E-state index in [0.29, 0.717) is 13.0 Å². The zero-order valence-electron chi connectivity index (χ0n) is 11.7. The summed E-state index contributed by atoms with van der Waals surface area (Å²) in [5, 5.41) is 4.96. The smallest absolute Gasteiger partial charge is 0.220 e. The van der Waals surface area contributed by atoms with Gasteiger partial charge in [0.2, 0.25) is 5.91 Å². The Labute approximate surface area is 132 Å². The Bertz CT molecular complexity index is 540. The summed E-state index contributed by atoms with van der Waals surface area (Å²) in [6.45, 7) is 0.692. The number of aryl methyl sites for hydroxylation is 1. The van der Waals surface area contributed by atoms with Gasteiger partial charge in [-0.1, -0.05) is 6.07 Å². The lowest BCUT2D eigenvalue weighted by Gasteiger charge is -2.05. The lowest BCUT2D eigenvalue weighted by Crippen LogP contribution is -2.24. The standard InChI is InChI=1S/C16H18FNOS2/c17-13-4-6-15(7-5-13)21-12-2-10-18-16(19)9-8-14-3-1-11-20-14/h1,3-7,11H,2,8-10,12H2,(H,18,19). The fourth-order valence-corrected chi connectivity index (χ4v) is 3.36. The number of amides is 1. The van der Waals surface area contributed by atoms with Gasteiger partial charge in [0.25, 0.3) is 0 Å².